The van der Waals surface area contributed by atoms with Gasteiger partial charge in [0.25, 0.3) is 0 Å². The van der Waals surface area contributed by atoms with Crippen LogP contribution in [0.5, 0.6) is 0 Å². The summed E-state index contributed by atoms with van der Waals surface area (Å²) in [6.45, 7) is 2.92. The summed E-state index contributed by atoms with van der Waals surface area (Å²) in [6.07, 6.45) is 1.14. The number of nitrogens with zero attached hydrogens (tertiary/aromatic N) is 2. The number of benzene rings is 2. The Morgan fingerprint density at radius 2 is 1.67 bits per heavy atom. The lowest BCUT2D eigenvalue weighted by molar-refractivity contribution is -0.131. The average Bonchev–Trinajstić information content (AvgIpc) is 2.62. The number of halogens is 2. The highest BCUT2D eigenvalue weighted by atomic mass is 35.5. The van der Waals surface area contributed by atoms with Gasteiger partial charge in [0.15, 0.2) is 0 Å². The Balaban J connectivity index is 1.50. The molecule has 1 fully saturated rings. The molecule has 1 saturated heterocycles. The van der Waals surface area contributed by atoms with Crippen LogP contribution in [0.3, 0.4) is 0 Å². The van der Waals surface area contributed by atoms with Crippen molar-refractivity contribution >= 4 is 23.2 Å². The van der Waals surface area contributed by atoms with Gasteiger partial charge in [-0.1, -0.05) is 29.8 Å². The minimum absolute atomic E-state index is 0.161. The van der Waals surface area contributed by atoms with Crippen LogP contribution in [0, 0.1) is 5.82 Å². The lowest BCUT2D eigenvalue weighted by atomic mass is 10.1. The second-order valence-electron chi connectivity index (χ2n) is 5.94. The Morgan fingerprint density at radius 1 is 1.00 bits per heavy atom. The van der Waals surface area contributed by atoms with E-state index in [9.17, 15) is 9.18 Å². The molecular formula is C19H20ClFN2O. The predicted octanol–water partition coefficient (Wildman–Crippen LogP) is 3.76. The van der Waals surface area contributed by atoms with Gasteiger partial charge in [-0.25, -0.2) is 4.39 Å². The molecule has 0 N–H and O–H groups in total. The third-order valence-corrected chi connectivity index (χ3v) is 4.76. The largest absolute Gasteiger partial charge is 0.368 e. The molecule has 0 spiro atoms. The minimum atomic E-state index is -0.230. The Morgan fingerprint density at radius 3 is 2.33 bits per heavy atom. The highest BCUT2D eigenvalue weighted by Crippen LogP contribution is 2.19. The molecule has 1 aliphatic rings. The topological polar surface area (TPSA) is 23.6 Å². The first kappa shape index (κ1) is 16.8. The summed E-state index contributed by atoms with van der Waals surface area (Å²) >= 11 is 6.13. The summed E-state index contributed by atoms with van der Waals surface area (Å²) in [6, 6.07) is 14.1. The fraction of sp³-hybridized carbons (Fsp3) is 0.316. The van der Waals surface area contributed by atoms with Crippen LogP contribution in [0.2, 0.25) is 5.02 Å². The fourth-order valence-electron chi connectivity index (χ4n) is 2.97. The van der Waals surface area contributed by atoms with E-state index in [1.54, 1.807) is 12.1 Å². The second kappa shape index (κ2) is 7.67. The molecule has 3 nitrogen and oxygen atoms in total. The standard InChI is InChI=1S/C19H20ClFN2O/c20-18-4-2-1-3-15(18)5-10-19(24)23-13-11-22(12-14-23)17-8-6-16(21)7-9-17/h1-4,6-9H,5,10-14H2. The van der Waals surface area contributed by atoms with Gasteiger partial charge in [0.1, 0.15) is 5.82 Å². The SMILES string of the molecule is O=C(CCc1ccccc1Cl)N1CCN(c2ccc(F)cc2)CC1. The van der Waals surface area contributed by atoms with Gasteiger partial charge in [-0.2, -0.15) is 0 Å². The van der Waals surface area contributed by atoms with Crippen LogP contribution in [-0.2, 0) is 11.2 Å². The molecule has 1 heterocycles. The zero-order valence-electron chi connectivity index (χ0n) is 13.4. The van der Waals surface area contributed by atoms with Crippen molar-refractivity contribution in [1.82, 2.24) is 4.90 Å². The molecule has 1 amide bonds. The van der Waals surface area contributed by atoms with E-state index in [1.165, 1.54) is 12.1 Å². The lowest BCUT2D eigenvalue weighted by Crippen LogP contribution is -2.48. The van der Waals surface area contributed by atoms with Gasteiger partial charge >= 0.3 is 0 Å². The van der Waals surface area contributed by atoms with Crippen molar-refractivity contribution in [2.45, 2.75) is 12.8 Å². The van der Waals surface area contributed by atoms with Crippen LogP contribution < -0.4 is 4.90 Å². The second-order valence-corrected chi connectivity index (χ2v) is 6.34. The molecule has 0 radical (unpaired) electrons. The van der Waals surface area contributed by atoms with Crippen molar-refractivity contribution in [2.24, 2.45) is 0 Å². The van der Waals surface area contributed by atoms with Crippen LogP contribution in [0.25, 0.3) is 0 Å². The number of hydrogen-bond donors (Lipinski definition) is 0. The quantitative estimate of drug-likeness (QED) is 0.841. The van der Waals surface area contributed by atoms with Crippen LogP contribution in [0.4, 0.5) is 10.1 Å². The molecule has 0 saturated carbocycles. The first-order valence-electron chi connectivity index (χ1n) is 8.15. The monoisotopic (exact) mass is 346 g/mol. The van der Waals surface area contributed by atoms with Crippen molar-refractivity contribution in [1.29, 1.82) is 0 Å². The van der Waals surface area contributed by atoms with E-state index in [0.29, 0.717) is 31.0 Å². The summed E-state index contributed by atoms with van der Waals surface area (Å²) in [5.74, 6) is -0.0687. The zero-order valence-corrected chi connectivity index (χ0v) is 14.2. The maximum Gasteiger partial charge on any atom is 0.223 e. The summed E-state index contributed by atoms with van der Waals surface area (Å²) < 4.78 is 13.0. The number of anilines is 1. The molecule has 3 rings (SSSR count). The summed E-state index contributed by atoms with van der Waals surface area (Å²) in [5.41, 5.74) is 2.01. The minimum Gasteiger partial charge on any atom is -0.368 e. The molecule has 0 atom stereocenters. The van der Waals surface area contributed by atoms with Gasteiger partial charge in [-0.3, -0.25) is 4.79 Å². The predicted molar refractivity (Wildman–Crippen MR) is 95.0 cm³/mol. The number of amides is 1. The van der Waals surface area contributed by atoms with E-state index in [-0.39, 0.29) is 11.7 Å². The first-order valence-corrected chi connectivity index (χ1v) is 8.53. The summed E-state index contributed by atoms with van der Waals surface area (Å²) in [4.78, 5) is 16.5. The molecule has 2 aromatic rings. The molecule has 126 valence electrons. The highest BCUT2D eigenvalue weighted by Gasteiger charge is 2.21. The maximum atomic E-state index is 13.0. The summed E-state index contributed by atoms with van der Waals surface area (Å²) in [5, 5.41) is 0.714. The van der Waals surface area contributed by atoms with Crippen LogP contribution in [-0.4, -0.2) is 37.0 Å². The van der Waals surface area contributed by atoms with E-state index in [0.717, 1.165) is 24.3 Å². The van der Waals surface area contributed by atoms with Gasteiger partial charge in [0.05, 0.1) is 0 Å². The molecule has 2 aromatic carbocycles. The van der Waals surface area contributed by atoms with Crippen LogP contribution in [0.1, 0.15) is 12.0 Å². The highest BCUT2D eigenvalue weighted by molar-refractivity contribution is 6.31. The van der Waals surface area contributed by atoms with Gasteiger partial charge in [0, 0.05) is 43.3 Å². The molecule has 1 aliphatic heterocycles. The zero-order chi connectivity index (χ0) is 16.9. The lowest BCUT2D eigenvalue weighted by Gasteiger charge is -2.36. The molecule has 0 aromatic heterocycles. The van der Waals surface area contributed by atoms with E-state index in [1.807, 2.05) is 29.2 Å². The number of carbonyl (C=O) groups excluding carboxylic acids is 1. The van der Waals surface area contributed by atoms with Crippen LogP contribution >= 0.6 is 11.6 Å². The number of aryl methyl sites for hydroxylation is 1. The number of rotatable bonds is 4. The number of carbonyl (C=O) groups is 1. The Kier molecular flexibility index (Phi) is 5.36. The van der Waals surface area contributed by atoms with E-state index in [4.69, 9.17) is 11.6 Å². The molecular weight excluding hydrogens is 327 g/mol. The van der Waals surface area contributed by atoms with E-state index < -0.39 is 0 Å². The Bertz CT molecular complexity index is 697. The van der Waals surface area contributed by atoms with Crippen molar-refractivity contribution in [3.63, 3.8) is 0 Å². The summed E-state index contributed by atoms with van der Waals surface area (Å²) in [7, 11) is 0. The van der Waals surface area contributed by atoms with E-state index >= 15 is 0 Å². The first-order chi connectivity index (χ1) is 11.6. The number of hydrogen-bond acceptors (Lipinski definition) is 2. The molecule has 5 heteroatoms. The maximum absolute atomic E-state index is 13.0. The van der Waals surface area contributed by atoms with Crippen molar-refractivity contribution in [3.8, 4) is 0 Å². The van der Waals surface area contributed by atoms with Crippen molar-refractivity contribution in [2.75, 3.05) is 31.1 Å². The van der Waals surface area contributed by atoms with Gasteiger partial charge in [-0.05, 0) is 42.3 Å². The normalized spacial score (nSPS) is 14.8. The van der Waals surface area contributed by atoms with Gasteiger partial charge < -0.3 is 9.80 Å². The average molecular weight is 347 g/mol. The third kappa shape index (κ3) is 4.06. The molecule has 0 bridgehead atoms. The van der Waals surface area contributed by atoms with Crippen molar-refractivity contribution in [3.05, 3.63) is 64.9 Å². The Labute approximate surface area is 146 Å². The van der Waals surface area contributed by atoms with Crippen molar-refractivity contribution < 1.29 is 9.18 Å². The molecule has 24 heavy (non-hydrogen) atoms. The molecule has 0 unspecified atom stereocenters. The van der Waals surface area contributed by atoms with Crippen LogP contribution in [0.15, 0.2) is 48.5 Å². The molecule has 0 aliphatic carbocycles. The fourth-order valence-corrected chi connectivity index (χ4v) is 3.20. The van der Waals surface area contributed by atoms with Gasteiger partial charge in [0.2, 0.25) is 5.91 Å². The smallest absolute Gasteiger partial charge is 0.223 e. The third-order valence-electron chi connectivity index (χ3n) is 4.39. The number of piperazine rings is 1. The van der Waals surface area contributed by atoms with Gasteiger partial charge in [-0.15, -0.1) is 0 Å². The Hall–Kier alpha value is -2.07. The van der Waals surface area contributed by atoms with E-state index in [2.05, 4.69) is 4.90 Å².